The van der Waals surface area contributed by atoms with Crippen LogP contribution in [0.1, 0.15) is 41.3 Å². The van der Waals surface area contributed by atoms with E-state index in [4.69, 9.17) is 11.6 Å². The third kappa shape index (κ3) is 6.58. The van der Waals surface area contributed by atoms with Crippen LogP contribution in [0.15, 0.2) is 72.8 Å². The van der Waals surface area contributed by atoms with Crippen LogP contribution in [0.4, 0.5) is 11.4 Å². The molecule has 3 rings (SSSR count). The van der Waals surface area contributed by atoms with Crippen molar-refractivity contribution < 1.29 is 13.2 Å². The summed E-state index contributed by atoms with van der Waals surface area (Å²) in [4.78, 5) is 12.6. The maximum atomic E-state index is 12.6. The van der Waals surface area contributed by atoms with E-state index in [1.165, 1.54) is 9.87 Å². The first-order valence-corrected chi connectivity index (χ1v) is 12.7. The van der Waals surface area contributed by atoms with Gasteiger partial charge >= 0.3 is 0 Å². The molecule has 0 saturated heterocycles. The molecular formula is C25H27ClN2O3S. The fraction of sp³-hybridized carbons (Fsp3) is 0.240. The van der Waals surface area contributed by atoms with Crippen molar-refractivity contribution in [3.8, 4) is 0 Å². The van der Waals surface area contributed by atoms with Gasteiger partial charge in [-0.05, 0) is 72.5 Å². The number of carbonyl (C=O) groups excluding carboxylic acids is 1. The second-order valence-corrected chi connectivity index (χ2v) is 10.0. The smallest absolute Gasteiger partial charge is 0.255 e. The molecule has 32 heavy (non-hydrogen) atoms. The summed E-state index contributed by atoms with van der Waals surface area (Å²) in [6, 6.07) is 21.4. The molecular weight excluding hydrogens is 444 g/mol. The lowest BCUT2D eigenvalue weighted by Crippen LogP contribution is -2.29. The minimum Gasteiger partial charge on any atom is -0.322 e. The van der Waals surface area contributed by atoms with E-state index in [1.807, 2.05) is 24.3 Å². The van der Waals surface area contributed by atoms with Crippen LogP contribution < -0.4 is 9.62 Å². The summed E-state index contributed by atoms with van der Waals surface area (Å²) in [5.41, 5.74) is 3.71. The van der Waals surface area contributed by atoms with E-state index in [2.05, 4.69) is 12.2 Å². The number of nitrogens with one attached hydrogen (secondary N) is 1. The number of hydrogen-bond donors (Lipinski definition) is 1. The quantitative estimate of drug-likeness (QED) is 0.423. The van der Waals surface area contributed by atoms with Gasteiger partial charge in [0.15, 0.2) is 0 Å². The van der Waals surface area contributed by atoms with Gasteiger partial charge in [-0.1, -0.05) is 49.2 Å². The summed E-state index contributed by atoms with van der Waals surface area (Å²) in [6.45, 7) is 2.33. The van der Waals surface area contributed by atoms with Crippen LogP contribution >= 0.6 is 11.6 Å². The van der Waals surface area contributed by atoms with Gasteiger partial charge in [-0.3, -0.25) is 9.10 Å². The number of aryl methyl sites for hydroxylation is 1. The Bertz CT molecular complexity index is 1140. The molecule has 7 heteroatoms. The van der Waals surface area contributed by atoms with Crippen molar-refractivity contribution in [2.24, 2.45) is 0 Å². The highest BCUT2D eigenvalue weighted by molar-refractivity contribution is 7.92. The Labute approximate surface area is 195 Å². The van der Waals surface area contributed by atoms with E-state index in [0.29, 0.717) is 16.3 Å². The number of sulfonamides is 1. The number of hydrogen-bond acceptors (Lipinski definition) is 3. The summed E-state index contributed by atoms with van der Waals surface area (Å²) in [6.07, 6.45) is 4.47. The molecule has 0 saturated carbocycles. The first kappa shape index (κ1) is 23.8. The molecule has 1 amide bonds. The van der Waals surface area contributed by atoms with Crippen molar-refractivity contribution in [2.75, 3.05) is 15.9 Å². The van der Waals surface area contributed by atoms with Crippen molar-refractivity contribution in [3.63, 3.8) is 0 Å². The van der Waals surface area contributed by atoms with Gasteiger partial charge < -0.3 is 5.32 Å². The molecule has 0 heterocycles. The highest BCUT2D eigenvalue weighted by Crippen LogP contribution is 2.23. The van der Waals surface area contributed by atoms with Crippen LogP contribution in [0.3, 0.4) is 0 Å². The van der Waals surface area contributed by atoms with Gasteiger partial charge in [-0.15, -0.1) is 0 Å². The summed E-state index contributed by atoms with van der Waals surface area (Å²) in [5.74, 6) is -0.249. The van der Waals surface area contributed by atoms with Gasteiger partial charge in [0.25, 0.3) is 5.91 Å². The average molecular weight is 471 g/mol. The van der Waals surface area contributed by atoms with Crippen LogP contribution in [-0.4, -0.2) is 20.6 Å². The predicted octanol–water partition coefficient (Wildman–Crippen LogP) is 5.90. The Morgan fingerprint density at radius 3 is 2.06 bits per heavy atom. The molecule has 168 valence electrons. The van der Waals surface area contributed by atoms with Crippen molar-refractivity contribution in [3.05, 3.63) is 94.5 Å². The second-order valence-electron chi connectivity index (χ2n) is 7.70. The van der Waals surface area contributed by atoms with Gasteiger partial charge in [0.05, 0.1) is 18.5 Å². The SMILES string of the molecule is CCCCc1ccc(NC(=O)c2ccc(N(Cc3ccc(Cl)cc3)S(C)(=O)=O)cc2)cc1. The van der Waals surface area contributed by atoms with Crippen LogP contribution in [0.25, 0.3) is 0 Å². The molecule has 3 aromatic rings. The minimum absolute atomic E-state index is 0.173. The minimum atomic E-state index is -3.52. The zero-order chi connectivity index (χ0) is 23.1. The maximum absolute atomic E-state index is 12.6. The highest BCUT2D eigenvalue weighted by Gasteiger charge is 2.18. The fourth-order valence-corrected chi connectivity index (χ4v) is 4.29. The third-order valence-electron chi connectivity index (χ3n) is 5.09. The Morgan fingerprint density at radius 1 is 0.906 bits per heavy atom. The first-order valence-electron chi connectivity index (χ1n) is 10.5. The zero-order valence-electron chi connectivity index (χ0n) is 18.2. The first-order chi connectivity index (χ1) is 15.3. The van der Waals surface area contributed by atoms with Crippen molar-refractivity contribution in [1.29, 1.82) is 0 Å². The molecule has 0 atom stereocenters. The highest BCUT2D eigenvalue weighted by atomic mass is 35.5. The molecule has 0 unspecified atom stereocenters. The summed E-state index contributed by atoms with van der Waals surface area (Å²) in [7, 11) is -3.52. The average Bonchev–Trinajstić information content (AvgIpc) is 2.77. The van der Waals surface area contributed by atoms with E-state index in [-0.39, 0.29) is 12.5 Å². The Kier molecular flexibility index (Phi) is 7.94. The molecule has 0 aliphatic heterocycles. The molecule has 0 aliphatic rings. The van der Waals surface area contributed by atoms with Gasteiger partial charge in [-0.2, -0.15) is 0 Å². The number of halogens is 1. The van der Waals surface area contributed by atoms with Crippen molar-refractivity contribution >= 4 is 38.9 Å². The topological polar surface area (TPSA) is 66.5 Å². The van der Waals surface area contributed by atoms with E-state index in [0.717, 1.165) is 36.8 Å². The van der Waals surface area contributed by atoms with Gasteiger partial charge in [0.1, 0.15) is 0 Å². The monoisotopic (exact) mass is 470 g/mol. The summed E-state index contributed by atoms with van der Waals surface area (Å²) < 4.78 is 26.1. The van der Waals surface area contributed by atoms with E-state index in [1.54, 1.807) is 48.5 Å². The molecule has 0 radical (unpaired) electrons. The molecule has 1 N–H and O–H groups in total. The zero-order valence-corrected chi connectivity index (χ0v) is 19.8. The van der Waals surface area contributed by atoms with E-state index >= 15 is 0 Å². The predicted molar refractivity (Wildman–Crippen MR) is 132 cm³/mol. The normalized spacial score (nSPS) is 11.2. The molecule has 0 aliphatic carbocycles. The number of anilines is 2. The van der Waals surface area contributed by atoms with Crippen LogP contribution in [0.2, 0.25) is 5.02 Å². The number of amides is 1. The maximum Gasteiger partial charge on any atom is 0.255 e. The Morgan fingerprint density at radius 2 is 1.50 bits per heavy atom. The lowest BCUT2D eigenvalue weighted by molar-refractivity contribution is 0.102. The third-order valence-corrected chi connectivity index (χ3v) is 6.48. The van der Waals surface area contributed by atoms with Gasteiger partial charge in [-0.25, -0.2) is 8.42 Å². The molecule has 0 bridgehead atoms. The van der Waals surface area contributed by atoms with Crippen molar-refractivity contribution in [2.45, 2.75) is 32.7 Å². The fourth-order valence-electron chi connectivity index (χ4n) is 3.27. The molecule has 0 aromatic heterocycles. The largest absolute Gasteiger partial charge is 0.322 e. The van der Waals surface area contributed by atoms with Crippen LogP contribution in [0.5, 0.6) is 0 Å². The van der Waals surface area contributed by atoms with E-state index < -0.39 is 10.0 Å². The molecule has 0 fully saturated rings. The Hall–Kier alpha value is -2.83. The van der Waals surface area contributed by atoms with Crippen LogP contribution in [-0.2, 0) is 23.0 Å². The number of carbonyl (C=O) groups is 1. The number of unbranched alkanes of at least 4 members (excludes halogenated alkanes) is 1. The molecule has 0 spiro atoms. The van der Waals surface area contributed by atoms with Gasteiger partial charge in [0.2, 0.25) is 10.0 Å². The van der Waals surface area contributed by atoms with Crippen LogP contribution in [0, 0.1) is 0 Å². The summed E-state index contributed by atoms with van der Waals surface area (Å²) in [5, 5.41) is 3.47. The second kappa shape index (κ2) is 10.7. The van der Waals surface area contributed by atoms with E-state index in [9.17, 15) is 13.2 Å². The number of benzene rings is 3. The Balaban J connectivity index is 1.71. The summed E-state index contributed by atoms with van der Waals surface area (Å²) >= 11 is 5.92. The lowest BCUT2D eigenvalue weighted by Gasteiger charge is -2.23. The standard InChI is InChI=1S/C25H27ClN2O3S/c1-3-4-5-19-8-14-23(15-9-19)27-25(29)21-10-16-24(17-11-21)28(32(2,30)31)18-20-6-12-22(26)13-7-20/h6-17H,3-5,18H2,1-2H3,(H,27,29). The molecule has 3 aromatic carbocycles. The number of nitrogens with zero attached hydrogens (tertiary/aromatic N) is 1. The molecule has 5 nitrogen and oxygen atoms in total. The van der Waals surface area contributed by atoms with Crippen molar-refractivity contribution in [1.82, 2.24) is 0 Å². The number of rotatable bonds is 9. The van der Waals surface area contributed by atoms with Gasteiger partial charge in [0, 0.05) is 16.3 Å². The lowest BCUT2D eigenvalue weighted by atomic mass is 10.1.